The van der Waals surface area contributed by atoms with Crippen LogP contribution in [0.15, 0.2) is 41.3 Å². The Labute approximate surface area is 137 Å². The van der Waals surface area contributed by atoms with Gasteiger partial charge in [-0.2, -0.15) is 10.1 Å². The van der Waals surface area contributed by atoms with Crippen LogP contribution in [0.25, 0.3) is 16.7 Å². The number of nitrogens with one attached hydrogen (secondary N) is 2. The standard InChI is InChI=1S/C16H17N5O3/c22-8-16(9-24-10-16)7-17-15-19-13-12(14(23)20-15)6-18-21(13)11-4-2-1-3-5-11/h1-6,22H,7-10H2,(H2,17,19,20,23). The van der Waals surface area contributed by atoms with Crippen molar-refractivity contribution < 1.29 is 9.84 Å². The van der Waals surface area contributed by atoms with E-state index in [0.717, 1.165) is 5.69 Å². The summed E-state index contributed by atoms with van der Waals surface area (Å²) in [6.45, 7) is 1.47. The number of rotatable bonds is 5. The molecule has 3 aromatic rings. The number of para-hydroxylation sites is 1. The van der Waals surface area contributed by atoms with Gasteiger partial charge in [0.05, 0.1) is 37.1 Å². The number of hydrogen-bond acceptors (Lipinski definition) is 6. The summed E-state index contributed by atoms with van der Waals surface area (Å²) in [5.41, 5.74) is 0.742. The predicted molar refractivity (Wildman–Crippen MR) is 88.3 cm³/mol. The van der Waals surface area contributed by atoms with Gasteiger partial charge in [-0.3, -0.25) is 9.78 Å². The molecule has 0 bridgehead atoms. The van der Waals surface area contributed by atoms with E-state index in [2.05, 4.69) is 20.4 Å². The lowest BCUT2D eigenvalue weighted by Gasteiger charge is -2.39. The summed E-state index contributed by atoms with van der Waals surface area (Å²) < 4.78 is 6.80. The molecule has 1 aromatic carbocycles. The minimum Gasteiger partial charge on any atom is -0.396 e. The number of anilines is 1. The zero-order valence-electron chi connectivity index (χ0n) is 12.9. The van der Waals surface area contributed by atoms with Crippen LogP contribution in [-0.4, -0.2) is 51.2 Å². The topological polar surface area (TPSA) is 105 Å². The maximum Gasteiger partial charge on any atom is 0.263 e. The lowest BCUT2D eigenvalue weighted by atomic mass is 9.87. The molecule has 4 rings (SSSR count). The molecule has 1 saturated heterocycles. The number of benzene rings is 1. The van der Waals surface area contributed by atoms with Crippen molar-refractivity contribution in [1.29, 1.82) is 0 Å². The van der Waals surface area contributed by atoms with Crippen LogP contribution in [0.1, 0.15) is 0 Å². The van der Waals surface area contributed by atoms with Gasteiger partial charge in [0.15, 0.2) is 5.65 Å². The molecule has 3 N–H and O–H groups in total. The third kappa shape index (κ3) is 2.45. The highest BCUT2D eigenvalue weighted by Crippen LogP contribution is 2.26. The van der Waals surface area contributed by atoms with Gasteiger partial charge in [-0.1, -0.05) is 18.2 Å². The molecule has 1 aliphatic heterocycles. The highest BCUT2D eigenvalue weighted by atomic mass is 16.5. The van der Waals surface area contributed by atoms with Crippen LogP contribution >= 0.6 is 0 Å². The highest BCUT2D eigenvalue weighted by Gasteiger charge is 2.38. The SMILES string of the molecule is O=c1[nH]c(NCC2(CO)COC2)nc2c1cnn2-c1ccccc1. The molecule has 0 spiro atoms. The molecule has 1 aliphatic rings. The first-order valence-electron chi connectivity index (χ1n) is 7.67. The van der Waals surface area contributed by atoms with E-state index in [1.54, 1.807) is 4.68 Å². The number of hydrogen-bond donors (Lipinski definition) is 3. The minimum atomic E-state index is -0.312. The van der Waals surface area contributed by atoms with Crippen molar-refractivity contribution in [2.75, 3.05) is 31.7 Å². The van der Waals surface area contributed by atoms with E-state index in [1.165, 1.54) is 6.20 Å². The second-order valence-corrected chi connectivity index (χ2v) is 6.05. The third-order valence-electron chi connectivity index (χ3n) is 4.22. The van der Waals surface area contributed by atoms with E-state index in [0.29, 0.717) is 36.7 Å². The van der Waals surface area contributed by atoms with Gasteiger partial charge in [-0.15, -0.1) is 0 Å². The van der Waals surface area contributed by atoms with Crippen LogP contribution in [0, 0.1) is 5.41 Å². The number of aliphatic hydroxyl groups is 1. The van der Waals surface area contributed by atoms with Gasteiger partial charge in [-0.05, 0) is 12.1 Å². The van der Waals surface area contributed by atoms with Gasteiger partial charge in [0.1, 0.15) is 5.39 Å². The van der Waals surface area contributed by atoms with Crippen molar-refractivity contribution in [2.24, 2.45) is 5.41 Å². The summed E-state index contributed by atoms with van der Waals surface area (Å²) >= 11 is 0. The maximum absolute atomic E-state index is 12.3. The number of aromatic amines is 1. The number of H-pyrrole nitrogens is 1. The Morgan fingerprint density at radius 1 is 1.33 bits per heavy atom. The van der Waals surface area contributed by atoms with Crippen LogP contribution in [0.2, 0.25) is 0 Å². The lowest BCUT2D eigenvalue weighted by molar-refractivity contribution is -0.128. The molecule has 8 nitrogen and oxygen atoms in total. The molecule has 0 radical (unpaired) electrons. The third-order valence-corrected chi connectivity index (χ3v) is 4.22. The Bertz CT molecular complexity index is 909. The fraction of sp³-hybridized carbons (Fsp3) is 0.312. The summed E-state index contributed by atoms with van der Waals surface area (Å²) in [7, 11) is 0. The number of aromatic nitrogens is 4. The molecular formula is C16H17N5O3. The Hall–Kier alpha value is -2.71. The van der Waals surface area contributed by atoms with Crippen LogP contribution < -0.4 is 10.9 Å². The molecule has 2 aromatic heterocycles. The average molecular weight is 327 g/mol. The second kappa shape index (κ2) is 5.73. The summed E-state index contributed by atoms with van der Waals surface area (Å²) in [5, 5.41) is 17.3. The first kappa shape index (κ1) is 14.9. The number of fused-ring (bicyclic) bond motifs is 1. The molecule has 0 amide bonds. The molecule has 0 aliphatic carbocycles. The van der Waals surface area contributed by atoms with E-state index in [4.69, 9.17) is 4.74 Å². The predicted octanol–water partition coefficient (Wildman–Crippen LogP) is 0.530. The summed E-state index contributed by atoms with van der Waals surface area (Å²) in [6.07, 6.45) is 1.51. The average Bonchev–Trinajstić information content (AvgIpc) is 3.00. The molecule has 0 atom stereocenters. The minimum absolute atomic E-state index is 0.0222. The monoisotopic (exact) mass is 327 g/mol. The molecule has 24 heavy (non-hydrogen) atoms. The Balaban J connectivity index is 1.69. The molecule has 0 unspecified atom stereocenters. The zero-order valence-corrected chi connectivity index (χ0v) is 12.9. The largest absolute Gasteiger partial charge is 0.396 e. The fourth-order valence-electron chi connectivity index (χ4n) is 2.67. The fourth-order valence-corrected chi connectivity index (χ4v) is 2.67. The van der Waals surface area contributed by atoms with Gasteiger partial charge in [0.2, 0.25) is 5.95 Å². The normalized spacial score (nSPS) is 16.0. The number of nitrogens with zero attached hydrogens (tertiary/aromatic N) is 3. The van der Waals surface area contributed by atoms with Gasteiger partial charge in [0, 0.05) is 6.54 Å². The van der Waals surface area contributed by atoms with Crippen molar-refractivity contribution in [1.82, 2.24) is 19.7 Å². The van der Waals surface area contributed by atoms with E-state index in [-0.39, 0.29) is 17.6 Å². The summed E-state index contributed by atoms with van der Waals surface area (Å²) in [6, 6.07) is 9.51. The van der Waals surface area contributed by atoms with Gasteiger partial charge < -0.3 is 15.2 Å². The Morgan fingerprint density at radius 2 is 2.12 bits per heavy atom. The molecule has 3 heterocycles. The van der Waals surface area contributed by atoms with Crippen molar-refractivity contribution >= 4 is 17.0 Å². The summed E-state index contributed by atoms with van der Waals surface area (Å²) in [4.78, 5) is 19.4. The first-order chi connectivity index (χ1) is 11.7. The number of aliphatic hydroxyl groups excluding tert-OH is 1. The number of ether oxygens (including phenoxy) is 1. The maximum atomic E-state index is 12.3. The van der Waals surface area contributed by atoms with E-state index < -0.39 is 0 Å². The van der Waals surface area contributed by atoms with Crippen LogP contribution in [0.3, 0.4) is 0 Å². The molecule has 0 saturated carbocycles. The van der Waals surface area contributed by atoms with Crippen molar-refractivity contribution in [2.45, 2.75) is 0 Å². The van der Waals surface area contributed by atoms with Crippen molar-refractivity contribution in [3.05, 3.63) is 46.9 Å². The van der Waals surface area contributed by atoms with Crippen LogP contribution in [-0.2, 0) is 4.74 Å². The van der Waals surface area contributed by atoms with E-state index >= 15 is 0 Å². The Morgan fingerprint density at radius 3 is 2.79 bits per heavy atom. The summed E-state index contributed by atoms with van der Waals surface area (Å²) in [5.74, 6) is 0.352. The van der Waals surface area contributed by atoms with Gasteiger partial charge in [0.25, 0.3) is 5.56 Å². The van der Waals surface area contributed by atoms with Crippen molar-refractivity contribution in [3.8, 4) is 5.69 Å². The van der Waals surface area contributed by atoms with E-state index in [9.17, 15) is 9.90 Å². The Kier molecular flexibility index (Phi) is 3.55. The first-order valence-corrected chi connectivity index (χ1v) is 7.67. The van der Waals surface area contributed by atoms with Crippen LogP contribution in [0.5, 0.6) is 0 Å². The lowest BCUT2D eigenvalue weighted by Crippen LogP contribution is -2.50. The quantitative estimate of drug-likeness (QED) is 0.631. The van der Waals surface area contributed by atoms with Gasteiger partial charge >= 0.3 is 0 Å². The molecular weight excluding hydrogens is 310 g/mol. The highest BCUT2D eigenvalue weighted by molar-refractivity contribution is 5.76. The molecule has 1 fully saturated rings. The van der Waals surface area contributed by atoms with Gasteiger partial charge in [-0.25, -0.2) is 4.68 Å². The molecule has 124 valence electrons. The second-order valence-electron chi connectivity index (χ2n) is 6.05. The molecule has 8 heteroatoms. The zero-order chi connectivity index (χ0) is 16.6. The van der Waals surface area contributed by atoms with E-state index in [1.807, 2.05) is 30.3 Å². The van der Waals surface area contributed by atoms with Crippen LogP contribution in [0.4, 0.5) is 5.95 Å². The smallest absolute Gasteiger partial charge is 0.263 e. The van der Waals surface area contributed by atoms with Crippen molar-refractivity contribution in [3.63, 3.8) is 0 Å².